The van der Waals surface area contributed by atoms with Crippen molar-refractivity contribution in [2.45, 2.75) is 5.75 Å². The molecule has 4 nitrogen and oxygen atoms in total. The molecule has 0 radical (unpaired) electrons. The van der Waals surface area contributed by atoms with Gasteiger partial charge in [-0.15, -0.1) is 0 Å². The van der Waals surface area contributed by atoms with Gasteiger partial charge in [0.2, 0.25) is 5.91 Å². The molecular weight excluding hydrogens is 248 g/mol. The van der Waals surface area contributed by atoms with Crippen LogP contribution in [0.3, 0.4) is 0 Å². The van der Waals surface area contributed by atoms with Gasteiger partial charge in [-0.2, -0.15) is 11.8 Å². The average Bonchev–Trinajstić information content (AvgIpc) is 2.39. The lowest BCUT2D eigenvalue weighted by molar-refractivity contribution is -0.123. The summed E-state index contributed by atoms with van der Waals surface area (Å²) >= 11 is 1.75. The minimum atomic E-state index is -0.0893. The van der Waals surface area contributed by atoms with Crippen molar-refractivity contribution in [3.63, 3.8) is 0 Å². The highest BCUT2D eigenvalue weighted by atomic mass is 32.2. The average molecular weight is 264 g/mol. The van der Waals surface area contributed by atoms with Crippen molar-refractivity contribution in [2.75, 3.05) is 25.9 Å². The third-order valence-corrected chi connectivity index (χ3v) is 3.46. The number of amides is 2. The van der Waals surface area contributed by atoms with Crippen LogP contribution in [0.25, 0.3) is 0 Å². The fourth-order valence-electron chi connectivity index (χ4n) is 1.90. The van der Waals surface area contributed by atoms with Crippen LogP contribution < -0.4 is 5.32 Å². The van der Waals surface area contributed by atoms with Crippen LogP contribution in [0.5, 0.6) is 0 Å². The van der Waals surface area contributed by atoms with Gasteiger partial charge in [0, 0.05) is 24.4 Å². The summed E-state index contributed by atoms with van der Waals surface area (Å²) in [6, 6.07) is 7.60. The first kappa shape index (κ1) is 13.0. The summed E-state index contributed by atoms with van der Waals surface area (Å²) < 4.78 is 0. The first-order valence-electron chi connectivity index (χ1n) is 5.84. The smallest absolute Gasteiger partial charge is 0.254 e. The summed E-state index contributed by atoms with van der Waals surface area (Å²) in [5, 5.41) is 2.71. The van der Waals surface area contributed by atoms with Crippen LogP contribution in [0.2, 0.25) is 0 Å². The highest BCUT2D eigenvalue weighted by Crippen LogP contribution is 2.12. The van der Waals surface area contributed by atoms with Crippen LogP contribution >= 0.6 is 11.8 Å². The first-order valence-corrected chi connectivity index (χ1v) is 7.24. The fraction of sp³-hybridized carbons (Fsp3) is 0.385. The zero-order chi connectivity index (χ0) is 13.0. The molecule has 0 unspecified atom stereocenters. The number of carbonyl (C=O) groups is 2. The third-order valence-electron chi connectivity index (χ3n) is 2.84. The molecule has 1 aliphatic heterocycles. The predicted octanol–water partition coefficient (Wildman–Crippen LogP) is 1.12. The van der Waals surface area contributed by atoms with Crippen molar-refractivity contribution in [2.24, 2.45) is 0 Å². The molecule has 0 atom stereocenters. The van der Waals surface area contributed by atoms with E-state index in [-0.39, 0.29) is 18.4 Å². The Hall–Kier alpha value is -1.49. The van der Waals surface area contributed by atoms with E-state index < -0.39 is 0 Å². The summed E-state index contributed by atoms with van der Waals surface area (Å²) in [4.78, 5) is 25.0. The van der Waals surface area contributed by atoms with E-state index in [1.54, 1.807) is 16.7 Å². The van der Waals surface area contributed by atoms with Crippen molar-refractivity contribution in [1.29, 1.82) is 0 Å². The number of hydrogen-bond acceptors (Lipinski definition) is 3. The number of rotatable bonds is 3. The normalized spacial score (nSPS) is 15.4. The second-order valence-corrected chi connectivity index (χ2v) is 5.07. The fourth-order valence-corrected chi connectivity index (χ4v) is 2.43. The van der Waals surface area contributed by atoms with Gasteiger partial charge in [0.1, 0.15) is 0 Å². The highest BCUT2D eigenvalue weighted by molar-refractivity contribution is 7.97. The maximum Gasteiger partial charge on any atom is 0.254 e. The van der Waals surface area contributed by atoms with Crippen molar-refractivity contribution in [3.8, 4) is 0 Å². The van der Waals surface area contributed by atoms with E-state index >= 15 is 0 Å². The van der Waals surface area contributed by atoms with Crippen molar-refractivity contribution in [3.05, 3.63) is 35.4 Å². The summed E-state index contributed by atoms with van der Waals surface area (Å²) in [7, 11) is 0. The van der Waals surface area contributed by atoms with E-state index in [0.29, 0.717) is 18.7 Å². The van der Waals surface area contributed by atoms with Gasteiger partial charge >= 0.3 is 0 Å². The van der Waals surface area contributed by atoms with E-state index in [1.165, 1.54) is 5.56 Å². The van der Waals surface area contributed by atoms with Gasteiger partial charge < -0.3 is 10.2 Å². The highest BCUT2D eigenvalue weighted by Gasteiger charge is 2.21. The molecule has 0 saturated carbocycles. The molecule has 0 spiro atoms. The van der Waals surface area contributed by atoms with E-state index in [4.69, 9.17) is 0 Å². The summed E-state index contributed by atoms with van der Waals surface area (Å²) in [5.74, 6) is 0.787. The summed E-state index contributed by atoms with van der Waals surface area (Å²) in [6.45, 7) is 1.28. The van der Waals surface area contributed by atoms with Crippen molar-refractivity contribution in [1.82, 2.24) is 10.2 Å². The molecule has 1 aromatic rings. The molecule has 2 amide bonds. The number of nitrogens with zero attached hydrogens (tertiary/aromatic N) is 1. The van der Waals surface area contributed by atoms with E-state index in [2.05, 4.69) is 5.32 Å². The Kier molecular flexibility index (Phi) is 4.25. The maximum absolute atomic E-state index is 12.2. The van der Waals surface area contributed by atoms with Gasteiger partial charge in [-0.1, -0.05) is 12.1 Å². The molecule has 2 rings (SSSR count). The quantitative estimate of drug-likeness (QED) is 0.890. The zero-order valence-electron chi connectivity index (χ0n) is 10.3. The minimum Gasteiger partial charge on any atom is -0.353 e. The summed E-state index contributed by atoms with van der Waals surface area (Å²) in [5.41, 5.74) is 1.85. The Morgan fingerprint density at radius 3 is 2.72 bits per heavy atom. The predicted molar refractivity (Wildman–Crippen MR) is 72.6 cm³/mol. The first-order chi connectivity index (χ1) is 8.70. The molecule has 5 heteroatoms. The number of thioether (sulfide) groups is 1. The van der Waals surface area contributed by atoms with Crippen LogP contribution in [-0.2, 0) is 10.5 Å². The van der Waals surface area contributed by atoms with Crippen molar-refractivity contribution >= 4 is 23.6 Å². The molecule has 1 N–H and O–H groups in total. The number of piperazine rings is 1. The third kappa shape index (κ3) is 3.04. The second-order valence-electron chi connectivity index (χ2n) is 4.21. The minimum absolute atomic E-state index is 0.0689. The van der Waals surface area contributed by atoms with Gasteiger partial charge in [-0.25, -0.2) is 0 Å². The standard InChI is InChI=1S/C13H16N2O2S/c1-18-9-10-2-4-11(5-3-10)13(17)15-7-6-14-12(16)8-15/h2-5H,6-9H2,1H3,(H,14,16). The van der Waals surface area contributed by atoms with E-state index in [9.17, 15) is 9.59 Å². The number of hydrogen-bond donors (Lipinski definition) is 1. The molecule has 1 saturated heterocycles. The molecule has 0 aliphatic carbocycles. The Bertz CT molecular complexity index is 445. The van der Waals surface area contributed by atoms with Crippen LogP contribution in [-0.4, -0.2) is 42.6 Å². The zero-order valence-corrected chi connectivity index (χ0v) is 11.1. The van der Waals surface area contributed by atoms with Crippen LogP contribution in [0, 0.1) is 0 Å². The van der Waals surface area contributed by atoms with Crippen LogP contribution in [0.1, 0.15) is 15.9 Å². The second kappa shape index (κ2) is 5.91. The Labute approximate surface area is 111 Å². The van der Waals surface area contributed by atoms with Gasteiger partial charge in [0.05, 0.1) is 6.54 Å². The molecule has 1 aromatic carbocycles. The monoisotopic (exact) mass is 264 g/mol. The van der Waals surface area contributed by atoms with Crippen LogP contribution in [0.15, 0.2) is 24.3 Å². The van der Waals surface area contributed by atoms with Gasteiger partial charge in [-0.05, 0) is 24.0 Å². The maximum atomic E-state index is 12.2. The molecule has 1 fully saturated rings. The van der Waals surface area contributed by atoms with Crippen molar-refractivity contribution < 1.29 is 9.59 Å². The summed E-state index contributed by atoms with van der Waals surface area (Å²) in [6.07, 6.45) is 2.05. The number of nitrogens with one attached hydrogen (secondary N) is 1. The Morgan fingerprint density at radius 1 is 1.39 bits per heavy atom. The van der Waals surface area contributed by atoms with Crippen LogP contribution in [0.4, 0.5) is 0 Å². The Morgan fingerprint density at radius 2 is 2.11 bits per heavy atom. The van der Waals surface area contributed by atoms with E-state index in [1.807, 2.05) is 30.5 Å². The molecule has 0 bridgehead atoms. The molecule has 0 aromatic heterocycles. The largest absolute Gasteiger partial charge is 0.353 e. The van der Waals surface area contributed by atoms with Gasteiger partial charge in [0.25, 0.3) is 5.91 Å². The van der Waals surface area contributed by atoms with E-state index in [0.717, 1.165) is 5.75 Å². The van der Waals surface area contributed by atoms with Gasteiger partial charge in [0.15, 0.2) is 0 Å². The van der Waals surface area contributed by atoms with Gasteiger partial charge in [-0.3, -0.25) is 9.59 Å². The number of benzene rings is 1. The molecule has 1 heterocycles. The lowest BCUT2D eigenvalue weighted by Crippen LogP contribution is -2.49. The molecule has 1 aliphatic rings. The molecular formula is C13H16N2O2S. The lowest BCUT2D eigenvalue weighted by Gasteiger charge is -2.26. The number of carbonyl (C=O) groups excluding carboxylic acids is 2. The molecule has 18 heavy (non-hydrogen) atoms. The Balaban J connectivity index is 2.06. The molecule has 96 valence electrons. The SMILES string of the molecule is CSCc1ccc(C(=O)N2CCNC(=O)C2)cc1. The lowest BCUT2D eigenvalue weighted by atomic mass is 10.1. The topological polar surface area (TPSA) is 49.4 Å².